The minimum atomic E-state index is -4.44. The molecule has 1 unspecified atom stereocenters. The molecule has 1 aromatic carbocycles. The van der Waals surface area contributed by atoms with E-state index in [2.05, 4.69) is 0 Å². The number of hydrogen-bond acceptors (Lipinski definition) is 2. The highest BCUT2D eigenvalue weighted by Gasteiger charge is 2.37. The molecule has 6 heteroatoms. The third-order valence-corrected chi connectivity index (χ3v) is 1.92. The standard InChI is InChI=1S/C9H9ClF3NO/c10-6-1-3-7(4-2-6)15-5-8(14)9(11,12)13/h1-4,8H,5,14H2. The van der Waals surface area contributed by atoms with Crippen LogP contribution in [0.25, 0.3) is 0 Å². The fourth-order valence-electron chi connectivity index (χ4n) is 0.811. The highest BCUT2D eigenvalue weighted by Crippen LogP contribution is 2.20. The molecular weight excluding hydrogens is 231 g/mol. The van der Waals surface area contributed by atoms with Gasteiger partial charge in [-0.05, 0) is 24.3 Å². The predicted octanol–water partition coefficient (Wildman–Crippen LogP) is 2.61. The molecule has 0 aliphatic rings. The van der Waals surface area contributed by atoms with E-state index in [1.54, 1.807) is 0 Å². The molecule has 0 saturated heterocycles. The molecule has 1 atom stereocenters. The lowest BCUT2D eigenvalue weighted by atomic mass is 10.3. The average molecular weight is 240 g/mol. The first kappa shape index (κ1) is 12.1. The van der Waals surface area contributed by atoms with Crippen LogP contribution in [0.5, 0.6) is 5.75 Å². The Bertz CT molecular complexity index is 312. The molecule has 0 radical (unpaired) electrons. The van der Waals surface area contributed by atoms with Crippen LogP contribution in [-0.2, 0) is 0 Å². The summed E-state index contributed by atoms with van der Waals surface area (Å²) in [6.07, 6.45) is -4.44. The van der Waals surface area contributed by atoms with E-state index in [0.717, 1.165) is 0 Å². The fraction of sp³-hybridized carbons (Fsp3) is 0.333. The lowest BCUT2D eigenvalue weighted by Crippen LogP contribution is -2.42. The van der Waals surface area contributed by atoms with Gasteiger partial charge in [-0.3, -0.25) is 0 Å². The number of halogens is 4. The Balaban J connectivity index is 2.47. The zero-order valence-corrected chi connectivity index (χ0v) is 8.35. The smallest absolute Gasteiger partial charge is 0.406 e. The molecule has 0 heterocycles. The molecule has 0 aliphatic heterocycles. The molecular formula is C9H9ClF3NO. The molecule has 2 N–H and O–H groups in total. The Kier molecular flexibility index (Phi) is 3.82. The number of alkyl halides is 3. The van der Waals surface area contributed by atoms with Crippen molar-refractivity contribution in [3.05, 3.63) is 29.3 Å². The van der Waals surface area contributed by atoms with Crippen LogP contribution in [0.1, 0.15) is 0 Å². The van der Waals surface area contributed by atoms with Gasteiger partial charge in [-0.15, -0.1) is 0 Å². The maximum Gasteiger partial charge on any atom is 0.406 e. The molecule has 15 heavy (non-hydrogen) atoms. The largest absolute Gasteiger partial charge is 0.492 e. The SMILES string of the molecule is NC(COc1ccc(Cl)cc1)C(F)(F)F. The maximum absolute atomic E-state index is 12.0. The Labute approximate surface area is 89.8 Å². The van der Waals surface area contributed by atoms with Crippen LogP contribution in [0.2, 0.25) is 5.02 Å². The Hall–Kier alpha value is -0.940. The summed E-state index contributed by atoms with van der Waals surface area (Å²) < 4.78 is 40.8. The second-order valence-corrected chi connectivity index (χ2v) is 3.35. The van der Waals surface area contributed by atoms with Crippen molar-refractivity contribution >= 4 is 11.6 Å². The first-order chi connectivity index (χ1) is 6.89. The molecule has 2 nitrogen and oxygen atoms in total. The lowest BCUT2D eigenvalue weighted by molar-refractivity contribution is -0.153. The summed E-state index contributed by atoms with van der Waals surface area (Å²) >= 11 is 5.59. The molecule has 0 spiro atoms. The van der Waals surface area contributed by atoms with Crippen LogP contribution in [0.15, 0.2) is 24.3 Å². The first-order valence-electron chi connectivity index (χ1n) is 4.10. The average Bonchev–Trinajstić information content (AvgIpc) is 2.15. The van der Waals surface area contributed by atoms with Gasteiger partial charge in [-0.25, -0.2) is 0 Å². The molecule has 0 amide bonds. The molecule has 0 aromatic heterocycles. The van der Waals surface area contributed by atoms with Gasteiger partial charge in [-0.2, -0.15) is 13.2 Å². The van der Waals surface area contributed by atoms with Crippen LogP contribution in [0.4, 0.5) is 13.2 Å². The Morgan fingerprint density at radius 3 is 2.27 bits per heavy atom. The van der Waals surface area contributed by atoms with Gasteiger partial charge in [0.05, 0.1) is 0 Å². The number of rotatable bonds is 3. The van der Waals surface area contributed by atoms with E-state index >= 15 is 0 Å². The highest BCUT2D eigenvalue weighted by atomic mass is 35.5. The molecule has 1 aromatic rings. The van der Waals surface area contributed by atoms with E-state index in [1.165, 1.54) is 24.3 Å². The van der Waals surface area contributed by atoms with Crippen molar-refractivity contribution in [3.63, 3.8) is 0 Å². The third kappa shape index (κ3) is 3.97. The normalized spacial score (nSPS) is 13.7. The van der Waals surface area contributed by atoms with Crippen molar-refractivity contribution in [2.75, 3.05) is 6.61 Å². The van der Waals surface area contributed by atoms with Gasteiger partial charge >= 0.3 is 6.18 Å². The minimum Gasteiger partial charge on any atom is -0.492 e. The predicted molar refractivity (Wildman–Crippen MR) is 51.0 cm³/mol. The summed E-state index contributed by atoms with van der Waals surface area (Å²) in [4.78, 5) is 0. The Morgan fingerprint density at radius 1 is 1.27 bits per heavy atom. The van der Waals surface area contributed by atoms with Gasteiger partial charge in [0.2, 0.25) is 0 Å². The summed E-state index contributed by atoms with van der Waals surface area (Å²) in [5, 5.41) is 0.488. The summed E-state index contributed by atoms with van der Waals surface area (Å²) in [6, 6.07) is 4.02. The zero-order valence-electron chi connectivity index (χ0n) is 7.59. The minimum absolute atomic E-state index is 0.305. The van der Waals surface area contributed by atoms with Gasteiger partial charge in [0.15, 0.2) is 0 Å². The van der Waals surface area contributed by atoms with Crippen molar-refractivity contribution < 1.29 is 17.9 Å². The van der Waals surface area contributed by atoms with Crippen molar-refractivity contribution in [3.8, 4) is 5.75 Å². The van der Waals surface area contributed by atoms with E-state index in [0.29, 0.717) is 10.8 Å². The van der Waals surface area contributed by atoms with Gasteiger partial charge in [0.1, 0.15) is 18.4 Å². The molecule has 0 aliphatic carbocycles. The van der Waals surface area contributed by atoms with Crippen molar-refractivity contribution in [1.29, 1.82) is 0 Å². The van der Waals surface area contributed by atoms with Crippen molar-refractivity contribution in [2.45, 2.75) is 12.2 Å². The van der Waals surface area contributed by atoms with Crippen LogP contribution in [0, 0.1) is 0 Å². The molecule has 0 bridgehead atoms. The highest BCUT2D eigenvalue weighted by molar-refractivity contribution is 6.30. The number of ether oxygens (including phenoxy) is 1. The summed E-state index contributed by atoms with van der Waals surface area (Å²) in [5.74, 6) is 0.305. The van der Waals surface area contributed by atoms with Gasteiger partial charge in [0.25, 0.3) is 0 Å². The van der Waals surface area contributed by atoms with E-state index < -0.39 is 18.8 Å². The third-order valence-electron chi connectivity index (χ3n) is 1.66. The van der Waals surface area contributed by atoms with Crippen molar-refractivity contribution in [2.24, 2.45) is 5.73 Å². The lowest BCUT2D eigenvalue weighted by Gasteiger charge is -2.16. The topological polar surface area (TPSA) is 35.2 Å². The number of nitrogens with two attached hydrogens (primary N) is 1. The summed E-state index contributed by atoms with van der Waals surface area (Å²) in [6.45, 7) is -0.606. The first-order valence-corrected chi connectivity index (χ1v) is 4.48. The van der Waals surface area contributed by atoms with E-state index in [4.69, 9.17) is 22.1 Å². The number of benzene rings is 1. The second-order valence-electron chi connectivity index (χ2n) is 2.91. The zero-order chi connectivity index (χ0) is 11.5. The Morgan fingerprint density at radius 2 is 1.80 bits per heavy atom. The van der Waals surface area contributed by atoms with Gasteiger partial charge in [0, 0.05) is 5.02 Å². The van der Waals surface area contributed by atoms with E-state index in [9.17, 15) is 13.2 Å². The molecule has 0 fully saturated rings. The van der Waals surface area contributed by atoms with Crippen LogP contribution < -0.4 is 10.5 Å². The number of hydrogen-bond donors (Lipinski definition) is 1. The monoisotopic (exact) mass is 239 g/mol. The molecule has 0 saturated carbocycles. The summed E-state index contributed by atoms with van der Waals surface area (Å²) in [5.41, 5.74) is 4.85. The van der Waals surface area contributed by atoms with Crippen LogP contribution in [-0.4, -0.2) is 18.8 Å². The summed E-state index contributed by atoms with van der Waals surface area (Å²) in [7, 11) is 0. The molecule has 1 rings (SSSR count). The quantitative estimate of drug-likeness (QED) is 0.880. The maximum atomic E-state index is 12.0. The molecule has 84 valence electrons. The van der Waals surface area contributed by atoms with Gasteiger partial charge in [-0.1, -0.05) is 11.6 Å². The van der Waals surface area contributed by atoms with Crippen LogP contribution in [0.3, 0.4) is 0 Å². The van der Waals surface area contributed by atoms with Gasteiger partial charge < -0.3 is 10.5 Å². The van der Waals surface area contributed by atoms with E-state index in [1.807, 2.05) is 0 Å². The fourth-order valence-corrected chi connectivity index (χ4v) is 0.937. The van der Waals surface area contributed by atoms with Crippen molar-refractivity contribution in [1.82, 2.24) is 0 Å². The van der Waals surface area contributed by atoms with E-state index in [-0.39, 0.29) is 0 Å². The second kappa shape index (κ2) is 4.72. The van der Waals surface area contributed by atoms with Crippen LogP contribution >= 0.6 is 11.6 Å².